The quantitative estimate of drug-likeness (QED) is 0.525. The molecule has 1 aliphatic carbocycles. The zero-order chi connectivity index (χ0) is 26.5. The number of aromatic nitrogens is 1. The third-order valence-corrected chi connectivity index (χ3v) is 7.50. The minimum Gasteiger partial charge on any atom is -0.481 e. The number of nitriles is 1. The van der Waals surface area contributed by atoms with Gasteiger partial charge in [0.25, 0.3) is 6.43 Å². The molecule has 0 bridgehead atoms. The molecule has 37 heavy (non-hydrogen) atoms. The lowest BCUT2D eigenvalue weighted by atomic mass is 9.70. The number of rotatable bonds is 6. The molecular weight excluding hydrogens is 480 g/mol. The van der Waals surface area contributed by atoms with Crippen LogP contribution < -0.4 is 9.47 Å². The lowest BCUT2D eigenvalue weighted by Gasteiger charge is -2.41. The summed E-state index contributed by atoms with van der Waals surface area (Å²) >= 11 is 0. The summed E-state index contributed by atoms with van der Waals surface area (Å²) in [6, 6.07) is 18.3. The second-order valence-electron chi connectivity index (χ2n) is 9.79. The maximum atomic E-state index is 13.4. The predicted octanol–water partition coefficient (Wildman–Crippen LogP) is 3.71. The van der Waals surface area contributed by atoms with Crippen molar-refractivity contribution in [1.29, 1.82) is 5.26 Å². The Hall–Kier alpha value is -3.58. The van der Waals surface area contributed by atoms with Crippen LogP contribution in [0.15, 0.2) is 60.7 Å². The van der Waals surface area contributed by atoms with Gasteiger partial charge in [-0.05, 0) is 25.2 Å². The van der Waals surface area contributed by atoms with Crippen LogP contribution in [0.5, 0.6) is 11.6 Å². The normalized spacial score (nSPS) is 28.1. The van der Waals surface area contributed by atoms with E-state index in [0.29, 0.717) is 12.1 Å². The minimum absolute atomic E-state index is 0.0120. The maximum Gasteiger partial charge on any atom is 0.263 e. The van der Waals surface area contributed by atoms with Gasteiger partial charge >= 0.3 is 0 Å². The largest absolute Gasteiger partial charge is 0.481 e. The highest BCUT2D eigenvalue weighted by atomic mass is 19.3. The first-order chi connectivity index (χ1) is 17.7. The summed E-state index contributed by atoms with van der Waals surface area (Å²) < 4.78 is 39.0. The lowest BCUT2D eigenvalue weighted by Crippen LogP contribution is -2.52. The summed E-state index contributed by atoms with van der Waals surface area (Å²) in [5.41, 5.74) is -2.56. The second kappa shape index (κ2) is 9.06. The Labute approximate surface area is 213 Å². The van der Waals surface area contributed by atoms with Crippen LogP contribution in [-0.4, -0.2) is 54.0 Å². The molecular formula is C28H27F2N3O4. The van der Waals surface area contributed by atoms with Crippen molar-refractivity contribution in [3.8, 4) is 17.7 Å². The van der Waals surface area contributed by atoms with E-state index in [1.807, 2.05) is 55.4 Å². The van der Waals surface area contributed by atoms with Crippen molar-refractivity contribution in [3.05, 3.63) is 88.6 Å². The van der Waals surface area contributed by atoms with Crippen molar-refractivity contribution in [1.82, 2.24) is 9.88 Å². The van der Waals surface area contributed by atoms with Crippen molar-refractivity contribution < 1.29 is 28.5 Å². The molecule has 0 radical (unpaired) electrons. The molecule has 1 fully saturated rings. The highest BCUT2D eigenvalue weighted by molar-refractivity contribution is 5.60. The van der Waals surface area contributed by atoms with Gasteiger partial charge in [0, 0.05) is 30.0 Å². The molecule has 3 aromatic rings. The fraction of sp³-hybridized carbons (Fsp3) is 0.357. The first-order valence-corrected chi connectivity index (χ1v) is 11.9. The van der Waals surface area contributed by atoms with Crippen LogP contribution in [0.1, 0.15) is 40.3 Å². The number of ether oxygens (including phenoxy) is 2. The van der Waals surface area contributed by atoms with Crippen LogP contribution in [0.2, 0.25) is 0 Å². The second-order valence-corrected chi connectivity index (χ2v) is 9.79. The molecule has 7 nitrogen and oxygen atoms in total. The van der Waals surface area contributed by atoms with E-state index in [1.54, 1.807) is 0 Å². The molecule has 2 aliphatic rings. The monoisotopic (exact) mass is 507 g/mol. The van der Waals surface area contributed by atoms with Gasteiger partial charge in [0.1, 0.15) is 17.5 Å². The van der Waals surface area contributed by atoms with E-state index in [0.717, 1.165) is 5.56 Å². The fourth-order valence-corrected chi connectivity index (χ4v) is 6.14. The first kappa shape index (κ1) is 25.1. The molecule has 5 atom stereocenters. The molecule has 1 aliphatic heterocycles. The highest BCUT2D eigenvalue weighted by Gasteiger charge is 2.77. The van der Waals surface area contributed by atoms with Crippen LogP contribution >= 0.6 is 0 Å². The summed E-state index contributed by atoms with van der Waals surface area (Å²) in [6.45, 7) is 0.393. The minimum atomic E-state index is -2.67. The van der Waals surface area contributed by atoms with Crippen LogP contribution in [-0.2, 0) is 11.2 Å². The van der Waals surface area contributed by atoms with E-state index in [-0.39, 0.29) is 28.5 Å². The fourth-order valence-electron chi connectivity index (χ4n) is 6.14. The van der Waals surface area contributed by atoms with Gasteiger partial charge in [-0.1, -0.05) is 54.6 Å². The molecule has 5 rings (SSSR count). The highest BCUT2D eigenvalue weighted by Crippen LogP contribution is 2.69. The number of hydrogen-bond donors (Lipinski definition) is 2. The number of benzene rings is 2. The Balaban J connectivity index is 1.86. The number of nitrogens with zero attached hydrogens (tertiary/aromatic N) is 3. The van der Waals surface area contributed by atoms with E-state index >= 15 is 0 Å². The predicted molar refractivity (Wildman–Crippen MR) is 130 cm³/mol. The molecule has 5 unspecified atom stereocenters. The summed E-state index contributed by atoms with van der Waals surface area (Å²) in [4.78, 5) is 6.14. The number of methoxy groups -OCH3 is 1. The van der Waals surface area contributed by atoms with Crippen molar-refractivity contribution in [2.75, 3.05) is 27.7 Å². The van der Waals surface area contributed by atoms with Gasteiger partial charge in [0.2, 0.25) is 5.88 Å². The van der Waals surface area contributed by atoms with Crippen molar-refractivity contribution >= 4 is 0 Å². The van der Waals surface area contributed by atoms with Gasteiger partial charge in [-0.15, -0.1) is 0 Å². The van der Waals surface area contributed by atoms with Crippen LogP contribution in [0.3, 0.4) is 0 Å². The smallest absolute Gasteiger partial charge is 0.263 e. The molecule has 2 heterocycles. The third kappa shape index (κ3) is 3.51. The maximum absolute atomic E-state index is 13.4. The van der Waals surface area contributed by atoms with Gasteiger partial charge in [-0.2, -0.15) is 5.26 Å². The molecule has 2 N–H and O–H groups in total. The molecule has 0 spiro atoms. The number of aliphatic hydroxyl groups is 2. The Morgan fingerprint density at radius 3 is 2.41 bits per heavy atom. The van der Waals surface area contributed by atoms with E-state index < -0.39 is 35.6 Å². The third-order valence-electron chi connectivity index (χ3n) is 7.50. The number of hydrogen-bond acceptors (Lipinski definition) is 7. The van der Waals surface area contributed by atoms with E-state index in [4.69, 9.17) is 9.47 Å². The van der Waals surface area contributed by atoms with Gasteiger partial charge in [0.05, 0.1) is 18.8 Å². The Morgan fingerprint density at radius 2 is 1.84 bits per heavy atom. The summed E-state index contributed by atoms with van der Waals surface area (Å²) in [6.07, 6.45) is -4.03. The molecule has 192 valence electrons. The summed E-state index contributed by atoms with van der Waals surface area (Å²) in [7, 11) is 5.10. The Bertz CT molecular complexity index is 1350. The van der Waals surface area contributed by atoms with Crippen molar-refractivity contribution in [3.63, 3.8) is 0 Å². The SMILES string of the molecule is COc1nc(C#N)cc2c1C1(O)C(O)C(CN(C)C)C(c3ccccc3)C1(c1ccc(C(F)F)cc1)O2. The van der Waals surface area contributed by atoms with Gasteiger partial charge in [0.15, 0.2) is 11.2 Å². The Kier molecular flexibility index (Phi) is 6.15. The average molecular weight is 508 g/mol. The molecule has 1 aromatic heterocycles. The van der Waals surface area contributed by atoms with Gasteiger partial charge in [-0.25, -0.2) is 13.8 Å². The van der Waals surface area contributed by atoms with Crippen LogP contribution in [0.25, 0.3) is 0 Å². The van der Waals surface area contributed by atoms with E-state index in [9.17, 15) is 24.3 Å². The molecule has 9 heteroatoms. The summed E-state index contributed by atoms with van der Waals surface area (Å²) in [5, 5.41) is 34.1. The number of alkyl halides is 2. The molecule has 1 saturated carbocycles. The first-order valence-electron chi connectivity index (χ1n) is 11.9. The van der Waals surface area contributed by atoms with Crippen LogP contribution in [0.4, 0.5) is 8.78 Å². The lowest BCUT2D eigenvalue weighted by molar-refractivity contribution is -0.152. The standard InChI is InChI=1S/C28H27F2N3O4/c1-33(2)15-20-22(16-7-5-4-6-8-16)28(18-11-9-17(10-12-18)25(29)30)27(35,24(20)34)23-21(37-28)13-19(14-31)32-26(23)36-3/h4-13,20,22,24-25,34-35H,15H2,1-3H3. The zero-order valence-electron chi connectivity index (χ0n) is 20.6. The van der Waals surface area contributed by atoms with Gasteiger partial charge < -0.3 is 24.6 Å². The van der Waals surface area contributed by atoms with E-state index in [2.05, 4.69) is 4.98 Å². The van der Waals surface area contributed by atoms with Crippen LogP contribution in [0, 0.1) is 17.2 Å². The summed E-state index contributed by atoms with van der Waals surface area (Å²) in [5.74, 6) is -1.05. The van der Waals surface area contributed by atoms with Gasteiger partial charge in [-0.3, -0.25) is 0 Å². The molecule has 0 saturated heterocycles. The number of pyridine rings is 1. The van der Waals surface area contributed by atoms with Crippen molar-refractivity contribution in [2.45, 2.75) is 29.6 Å². The topological polar surface area (TPSA) is 98.8 Å². The molecule has 0 amide bonds. The van der Waals surface area contributed by atoms with E-state index in [1.165, 1.54) is 37.4 Å². The number of fused-ring (bicyclic) bond motifs is 3. The zero-order valence-corrected chi connectivity index (χ0v) is 20.6. The van der Waals surface area contributed by atoms with Crippen molar-refractivity contribution in [2.24, 2.45) is 5.92 Å². The molecule has 2 aromatic carbocycles. The number of aliphatic hydroxyl groups excluding tert-OH is 1. The Morgan fingerprint density at radius 1 is 1.16 bits per heavy atom. The average Bonchev–Trinajstić information content (AvgIpc) is 3.26. The number of halogens is 2.